The summed E-state index contributed by atoms with van der Waals surface area (Å²) >= 11 is 14.5. The predicted molar refractivity (Wildman–Crippen MR) is 281 cm³/mol. The molecular formula is C53H61Br2ClN8. The van der Waals surface area contributed by atoms with Gasteiger partial charge in [-0.2, -0.15) is 0 Å². The number of rotatable bonds is 20. The molecule has 8 nitrogen and oxygen atoms in total. The van der Waals surface area contributed by atoms with Gasteiger partial charge in [0.25, 0.3) is 0 Å². The van der Waals surface area contributed by atoms with Crippen molar-refractivity contribution >= 4 is 101 Å². The van der Waals surface area contributed by atoms with Gasteiger partial charge in [-0.05, 0) is 178 Å². The number of hydrogen-bond acceptors (Lipinski definition) is 8. The SMILES string of the molecule is CCN(CC)CCCC(C)Nc1nc(/C=C/C=C/c2cccc(-c3c(Br)ccc(/C=C/c4nc5c6c(cc(Cl)cc6n4)CC(CCCN(CC)CC)N5)c3Br)c2)nc2cc(C)ccc12. The number of aryl methyl sites for hydroxylation is 1. The molecule has 2 N–H and O–H groups in total. The predicted octanol–water partition coefficient (Wildman–Crippen LogP) is 14.0. The van der Waals surface area contributed by atoms with E-state index >= 15 is 0 Å². The average Bonchev–Trinajstić information content (AvgIpc) is 3.27. The Balaban J connectivity index is 1.06. The fraction of sp³-hybridized carbons (Fsp3) is 0.358. The summed E-state index contributed by atoms with van der Waals surface area (Å²) in [5, 5.41) is 10.3. The summed E-state index contributed by atoms with van der Waals surface area (Å²) in [5.41, 5.74) is 8.43. The van der Waals surface area contributed by atoms with Crippen molar-refractivity contribution in [3.05, 3.63) is 127 Å². The highest BCUT2D eigenvalue weighted by molar-refractivity contribution is 9.11. The highest BCUT2D eigenvalue weighted by Gasteiger charge is 2.23. The summed E-state index contributed by atoms with van der Waals surface area (Å²) < 4.78 is 1.97. The molecule has 6 aromatic rings. The maximum Gasteiger partial charge on any atom is 0.154 e. The molecule has 2 aromatic heterocycles. The lowest BCUT2D eigenvalue weighted by Crippen LogP contribution is -2.30. The van der Waals surface area contributed by atoms with Gasteiger partial charge in [-0.1, -0.05) is 110 Å². The van der Waals surface area contributed by atoms with E-state index in [0.717, 1.165) is 136 Å². The van der Waals surface area contributed by atoms with Gasteiger partial charge in [0, 0.05) is 42.4 Å². The van der Waals surface area contributed by atoms with Gasteiger partial charge in [0.1, 0.15) is 11.6 Å². The molecule has 0 saturated heterocycles. The zero-order chi connectivity index (χ0) is 45.2. The normalized spacial score (nSPS) is 14.6. The third-order valence-electron chi connectivity index (χ3n) is 12.2. The second-order valence-electron chi connectivity index (χ2n) is 16.8. The molecule has 11 heteroatoms. The Morgan fingerprint density at radius 2 is 1.53 bits per heavy atom. The van der Waals surface area contributed by atoms with Gasteiger partial charge in [0.05, 0.1) is 11.0 Å². The summed E-state index contributed by atoms with van der Waals surface area (Å²) in [6.45, 7) is 19.8. The van der Waals surface area contributed by atoms with Crippen molar-refractivity contribution in [2.45, 2.75) is 85.7 Å². The molecule has 2 unspecified atom stereocenters. The van der Waals surface area contributed by atoms with Crippen molar-refractivity contribution in [3.8, 4) is 11.1 Å². The van der Waals surface area contributed by atoms with Gasteiger partial charge in [-0.25, -0.2) is 19.9 Å². The van der Waals surface area contributed by atoms with E-state index in [9.17, 15) is 0 Å². The van der Waals surface area contributed by atoms with Gasteiger partial charge >= 0.3 is 0 Å². The molecule has 0 amide bonds. The van der Waals surface area contributed by atoms with Crippen molar-refractivity contribution in [2.24, 2.45) is 0 Å². The van der Waals surface area contributed by atoms with E-state index in [1.807, 2.05) is 30.4 Å². The average molecular weight is 1010 g/mol. The van der Waals surface area contributed by atoms with Crippen LogP contribution < -0.4 is 10.6 Å². The summed E-state index contributed by atoms with van der Waals surface area (Å²) in [6, 6.07) is 23.7. The Hall–Kier alpha value is -4.45. The van der Waals surface area contributed by atoms with Crippen molar-refractivity contribution in [2.75, 3.05) is 49.9 Å². The molecule has 4 aromatic carbocycles. The number of hydrogen-bond donors (Lipinski definition) is 2. The molecular weight excluding hydrogens is 944 g/mol. The fourth-order valence-corrected chi connectivity index (χ4v) is 10.4. The highest BCUT2D eigenvalue weighted by Crippen LogP contribution is 2.39. The Morgan fingerprint density at radius 3 is 2.31 bits per heavy atom. The van der Waals surface area contributed by atoms with Crippen LogP contribution in [0.3, 0.4) is 0 Å². The number of halogens is 3. The van der Waals surface area contributed by atoms with Crippen molar-refractivity contribution in [3.63, 3.8) is 0 Å². The number of benzene rings is 4. The third kappa shape index (κ3) is 12.1. The van der Waals surface area contributed by atoms with Crippen molar-refractivity contribution in [1.82, 2.24) is 29.7 Å². The second kappa shape index (κ2) is 22.6. The Morgan fingerprint density at radius 1 is 0.797 bits per heavy atom. The minimum absolute atomic E-state index is 0.290. The van der Waals surface area contributed by atoms with Crippen LogP contribution in [-0.4, -0.2) is 81.1 Å². The molecule has 3 heterocycles. The largest absolute Gasteiger partial charge is 0.367 e. The quantitative estimate of drug-likeness (QED) is 0.0732. The number of fused-ring (bicyclic) bond motifs is 1. The van der Waals surface area contributed by atoms with Crippen LogP contribution in [0.5, 0.6) is 0 Å². The zero-order valence-electron chi connectivity index (χ0n) is 38.1. The molecule has 0 fully saturated rings. The molecule has 0 aliphatic carbocycles. The molecule has 0 bridgehead atoms. The number of allylic oxidation sites excluding steroid dienone is 2. The van der Waals surface area contributed by atoms with Crippen LogP contribution in [0.15, 0.2) is 87.8 Å². The van der Waals surface area contributed by atoms with Crippen LogP contribution in [0.2, 0.25) is 5.02 Å². The topological polar surface area (TPSA) is 82.1 Å². The first kappa shape index (κ1) is 47.5. The highest BCUT2D eigenvalue weighted by atomic mass is 79.9. The summed E-state index contributed by atoms with van der Waals surface area (Å²) in [5.74, 6) is 3.08. The van der Waals surface area contributed by atoms with Gasteiger partial charge in [0.15, 0.2) is 11.6 Å². The van der Waals surface area contributed by atoms with Crippen LogP contribution in [-0.2, 0) is 6.42 Å². The van der Waals surface area contributed by atoms with Crippen LogP contribution in [0.25, 0.3) is 57.2 Å². The van der Waals surface area contributed by atoms with Crippen molar-refractivity contribution < 1.29 is 0 Å². The molecule has 64 heavy (non-hydrogen) atoms. The number of aromatic nitrogens is 4. The molecule has 334 valence electrons. The van der Waals surface area contributed by atoms with Crippen LogP contribution in [0.1, 0.15) is 94.2 Å². The molecule has 1 aliphatic heterocycles. The lowest BCUT2D eigenvalue weighted by atomic mass is 9.94. The van der Waals surface area contributed by atoms with E-state index < -0.39 is 0 Å². The lowest BCUT2D eigenvalue weighted by Gasteiger charge is -2.28. The number of nitrogens with zero attached hydrogens (tertiary/aromatic N) is 6. The fourth-order valence-electron chi connectivity index (χ4n) is 8.59. The molecule has 0 saturated carbocycles. The standard InChI is InChI=1S/C53H61Br2ClN8/c1-7-63(8-2)28-14-16-36(6)57-52-43-25-22-35(5)30-45(43)59-47(61-52)21-12-11-17-37-18-13-19-39(31-37)49-44(54)26-23-38(51(49)55)24-27-48-60-46-34-41(56)32-40-33-42(58-53(62-48)50(40)46)20-15-29-64(9-3)10-4/h11-13,17-19,21-27,30-32,34,36,42H,7-10,14-16,20,28-29,33H2,1-6H3,(H,57,59,61)(H,58,60,62)/b17-11+,21-12+,27-24+. The Bertz CT molecular complexity index is 2650. The van der Waals surface area contributed by atoms with E-state index in [2.05, 4.69) is 167 Å². The smallest absolute Gasteiger partial charge is 0.154 e. The molecule has 0 spiro atoms. The molecule has 2 atom stereocenters. The van der Waals surface area contributed by atoms with E-state index in [4.69, 9.17) is 31.5 Å². The molecule has 0 radical (unpaired) electrons. The summed E-state index contributed by atoms with van der Waals surface area (Å²) in [4.78, 5) is 24.8. The maximum atomic E-state index is 6.65. The first-order valence-corrected chi connectivity index (χ1v) is 24.9. The van der Waals surface area contributed by atoms with E-state index in [0.29, 0.717) is 28.8 Å². The second-order valence-corrected chi connectivity index (χ2v) is 18.9. The maximum absolute atomic E-state index is 6.65. The monoisotopic (exact) mass is 1000 g/mol. The van der Waals surface area contributed by atoms with Crippen molar-refractivity contribution in [1.29, 1.82) is 0 Å². The van der Waals surface area contributed by atoms with E-state index in [1.54, 1.807) is 0 Å². The number of nitrogens with one attached hydrogen (secondary N) is 2. The summed E-state index contributed by atoms with van der Waals surface area (Å²) in [6.07, 6.45) is 17.5. The first-order valence-electron chi connectivity index (χ1n) is 22.9. The lowest BCUT2D eigenvalue weighted by molar-refractivity contribution is 0.294. The van der Waals surface area contributed by atoms with Gasteiger partial charge in [0.2, 0.25) is 0 Å². The number of anilines is 2. The minimum Gasteiger partial charge on any atom is -0.367 e. The first-order chi connectivity index (χ1) is 31.0. The Kier molecular flexibility index (Phi) is 16.8. The van der Waals surface area contributed by atoms with Crippen LogP contribution in [0, 0.1) is 6.92 Å². The van der Waals surface area contributed by atoms with E-state index in [1.165, 1.54) is 11.1 Å². The molecule has 1 aliphatic rings. The van der Waals surface area contributed by atoms with Gasteiger partial charge in [-0.15, -0.1) is 0 Å². The van der Waals surface area contributed by atoms with Crippen LogP contribution in [0.4, 0.5) is 11.6 Å². The zero-order valence-corrected chi connectivity index (χ0v) is 42.0. The molecule has 7 rings (SSSR count). The Labute approximate surface area is 402 Å². The van der Waals surface area contributed by atoms with E-state index in [-0.39, 0.29) is 0 Å². The minimum atomic E-state index is 0.290. The van der Waals surface area contributed by atoms with Crippen LogP contribution >= 0.6 is 43.5 Å². The van der Waals surface area contributed by atoms with Gasteiger partial charge in [-0.3, -0.25) is 0 Å². The summed E-state index contributed by atoms with van der Waals surface area (Å²) in [7, 11) is 0. The van der Waals surface area contributed by atoms with Gasteiger partial charge < -0.3 is 20.4 Å². The third-order valence-corrected chi connectivity index (χ3v) is 13.9.